The number of unbranched alkanes of at least 4 members (excludes halogenated alkanes) is 1. The summed E-state index contributed by atoms with van der Waals surface area (Å²) in [6.07, 6.45) is 14.1. The molecule has 2 saturated carbocycles. The molecule has 0 aromatic heterocycles. The van der Waals surface area contributed by atoms with E-state index in [0.29, 0.717) is 57.1 Å². The summed E-state index contributed by atoms with van der Waals surface area (Å²) in [6.45, 7) is 0.679. The van der Waals surface area contributed by atoms with Gasteiger partial charge in [0.2, 0.25) is 17.7 Å². The predicted molar refractivity (Wildman–Crippen MR) is 227 cm³/mol. The third kappa shape index (κ3) is 11.6. The lowest BCUT2D eigenvalue weighted by atomic mass is 9.73. The maximum absolute atomic E-state index is 15.6. The van der Waals surface area contributed by atoms with E-state index in [0.717, 1.165) is 69.8 Å². The number of ketones is 2. The fraction of sp³-hybridized carbons (Fsp3) is 0.630. The topological polar surface area (TPSA) is 203 Å². The predicted octanol–water partition coefficient (Wildman–Crippen LogP) is 4.17. The minimum atomic E-state index is -2.19. The van der Waals surface area contributed by atoms with Gasteiger partial charge < -0.3 is 38.1 Å². The SMILES string of the molecule is CN[C@@H](Cc1ccccc1)C(=O)N[C@@H](CCCCN)C(=O)N1CCC[C@H]1C(=O)C(NC(=O)[C@H](N)CC1CCCCC1)(C(=O)[C@H](N)CC1CCCCC1)c1ccccc1. The molecule has 58 heavy (non-hydrogen) atoms. The average molecular weight is 800 g/mol. The van der Waals surface area contributed by atoms with Gasteiger partial charge in [-0.25, -0.2) is 0 Å². The number of rotatable bonds is 21. The van der Waals surface area contributed by atoms with Gasteiger partial charge in [0.25, 0.3) is 0 Å². The van der Waals surface area contributed by atoms with Crippen LogP contribution in [0.5, 0.6) is 0 Å². The van der Waals surface area contributed by atoms with Gasteiger partial charge in [-0.05, 0) is 87.9 Å². The van der Waals surface area contributed by atoms with E-state index in [9.17, 15) is 14.4 Å². The number of Topliss-reactive ketones (excluding diaryl/α,β-unsaturated/α-hetero) is 2. The van der Waals surface area contributed by atoms with Gasteiger partial charge in [-0.1, -0.05) is 125 Å². The molecule has 2 aromatic carbocycles. The molecule has 3 aliphatic rings. The molecule has 2 aromatic rings. The van der Waals surface area contributed by atoms with Gasteiger partial charge >= 0.3 is 0 Å². The maximum atomic E-state index is 15.6. The van der Waals surface area contributed by atoms with Gasteiger partial charge in [0.1, 0.15) is 6.04 Å². The lowest BCUT2D eigenvalue weighted by Crippen LogP contribution is -2.67. The summed E-state index contributed by atoms with van der Waals surface area (Å²) in [6, 6.07) is 13.7. The Morgan fingerprint density at radius 2 is 1.31 bits per heavy atom. The molecule has 12 nitrogen and oxygen atoms in total. The minimum Gasteiger partial charge on any atom is -0.343 e. The molecule has 1 saturated heterocycles. The Kier molecular flexibility index (Phi) is 17.4. The van der Waals surface area contributed by atoms with Crippen molar-refractivity contribution in [2.24, 2.45) is 29.0 Å². The van der Waals surface area contributed by atoms with Crippen molar-refractivity contribution in [3.05, 3.63) is 71.8 Å². The van der Waals surface area contributed by atoms with Gasteiger partial charge in [0.05, 0.1) is 24.2 Å². The van der Waals surface area contributed by atoms with Crippen LogP contribution in [0.25, 0.3) is 0 Å². The third-order valence-corrected chi connectivity index (χ3v) is 12.9. The highest BCUT2D eigenvalue weighted by Gasteiger charge is 2.55. The highest BCUT2D eigenvalue weighted by atomic mass is 16.2. The molecule has 2 aliphatic carbocycles. The van der Waals surface area contributed by atoms with Crippen molar-refractivity contribution in [3.8, 4) is 0 Å². The summed E-state index contributed by atoms with van der Waals surface area (Å²) >= 11 is 0. The molecular weight excluding hydrogens is 731 g/mol. The molecule has 5 rings (SSSR count). The second-order valence-electron chi connectivity index (χ2n) is 17.1. The lowest BCUT2D eigenvalue weighted by molar-refractivity contribution is -0.149. The molecule has 9 N–H and O–H groups in total. The molecule has 3 amide bonds. The van der Waals surface area contributed by atoms with Crippen LogP contribution in [0.2, 0.25) is 0 Å². The molecule has 0 radical (unpaired) electrons. The van der Waals surface area contributed by atoms with Crippen molar-refractivity contribution in [3.63, 3.8) is 0 Å². The zero-order valence-electron chi connectivity index (χ0n) is 34.7. The first-order chi connectivity index (χ1) is 28.1. The van der Waals surface area contributed by atoms with Crippen LogP contribution in [0.15, 0.2) is 60.7 Å². The second-order valence-corrected chi connectivity index (χ2v) is 17.1. The van der Waals surface area contributed by atoms with Crippen LogP contribution in [0.1, 0.15) is 120 Å². The van der Waals surface area contributed by atoms with E-state index in [2.05, 4.69) is 16.0 Å². The number of nitrogens with zero attached hydrogens (tertiary/aromatic N) is 1. The summed E-state index contributed by atoms with van der Waals surface area (Å²) in [5, 5.41) is 9.07. The smallest absolute Gasteiger partial charge is 0.245 e. The number of carbonyl (C=O) groups excluding carboxylic acids is 5. The number of hydrogen-bond acceptors (Lipinski definition) is 9. The minimum absolute atomic E-state index is 0.228. The molecule has 3 fully saturated rings. The molecule has 6 atom stereocenters. The Morgan fingerprint density at radius 3 is 1.90 bits per heavy atom. The molecule has 318 valence electrons. The zero-order chi connectivity index (χ0) is 41.5. The van der Waals surface area contributed by atoms with Crippen LogP contribution in [0.3, 0.4) is 0 Å². The quantitative estimate of drug-likeness (QED) is 0.0792. The van der Waals surface area contributed by atoms with Crippen molar-refractivity contribution < 1.29 is 24.0 Å². The number of likely N-dealkylation sites (tertiary alicyclic amines) is 1. The molecule has 1 heterocycles. The summed E-state index contributed by atoms with van der Waals surface area (Å²) in [4.78, 5) is 75.2. The standard InChI is InChI=1S/C46H69N7O5/c1-50-39(31-34-21-10-4-11-22-34)44(57)51-38(25-14-15-27-47)45(58)53-28-16-26-40(53)42(55)46(35-23-12-5-13-24-35,41(54)36(48)29-32-17-6-2-7-18-32)52-43(56)37(49)30-33-19-8-3-9-20-33/h4-5,10-13,21-24,32-33,36-40,50H,2-3,6-9,14-20,25-31,47-49H2,1H3,(H,51,57)(H,52,56)/t36-,37-,38+,39+,40+,46?/m1/s1. The Bertz CT molecular complexity index is 1630. The van der Waals surface area contributed by atoms with E-state index >= 15 is 9.59 Å². The molecule has 0 spiro atoms. The first-order valence-corrected chi connectivity index (χ1v) is 22.1. The van der Waals surface area contributed by atoms with Gasteiger partial charge in [-0.2, -0.15) is 0 Å². The van der Waals surface area contributed by atoms with Crippen molar-refractivity contribution >= 4 is 29.3 Å². The van der Waals surface area contributed by atoms with Crippen LogP contribution in [0.4, 0.5) is 0 Å². The van der Waals surface area contributed by atoms with Gasteiger partial charge in [0, 0.05) is 6.54 Å². The number of carbonyl (C=O) groups is 5. The maximum Gasteiger partial charge on any atom is 0.245 e. The number of benzene rings is 2. The van der Waals surface area contributed by atoms with Crippen LogP contribution in [0, 0.1) is 11.8 Å². The van der Waals surface area contributed by atoms with E-state index in [1.165, 1.54) is 4.90 Å². The number of nitrogens with two attached hydrogens (primary N) is 3. The highest BCUT2D eigenvalue weighted by molar-refractivity contribution is 6.18. The van der Waals surface area contributed by atoms with E-state index < -0.39 is 59.1 Å². The van der Waals surface area contributed by atoms with Crippen LogP contribution in [-0.2, 0) is 35.9 Å². The molecule has 12 heteroatoms. The number of amides is 3. The third-order valence-electron chi connectivity index (χ3n) is 12.9. The number of likely N-dealkylation sites (N-methyl/N-ethyl adjacent to an activating group) is 1. The monoisotopic (exact) mass is 800 g/mol. The van der Waals surface area contributed by atoms with E-state index in [-0.39, 0.29) is 30.7 Å². The molecular formula is C46H69N7O5. The summed E-state index contributed by atoms with van der Waals surface area (Å²) in [5.74, 6) is -2.00. The van der Waals surface area contributed by atoms with Crippen LogP contribution in [-0.4, -0.2) is 84.5 Å². The largest absolute Gasteiger partial charge is 0.343 e. The fourth-order valence-corrected chi connectivity index (χ4v) is 9.57. The Labute approximate surface area is 345 Å². The van der Waals surface area contributed by atoms with Gasteiger partial charge in [-0.15, -0.1) is 0 Å². The molecule has 1 unspecified atom stereocenters. The van der Waals surface area contributed by atoms with Crippen LogP contribution >= 0.6 is 0 Å². The zero-order valence-corrected chi connectivity index (χ0v) is 34.7. The number of nitrogens with one attached hydrogen (secondary N) is 3. The molecule has 1 aliphatic heterocycles. The Balaban J connectivity index is 1.48. The Hall–Kier alpha value is -3.97. The van der Waals surface area contributed by atoms with Crippen molar-refractivity contribution in [2.45, 2.75) is 151 Å². The summed E-state index contributed by atoms with van der Waals surface area (Å²) in [7, 11) is 1.71. The van der Waals surface area contributed by atoms with Crippen molar-refractivity contribution in [1.29, 1.82) is 0 Å². The van der Waals surface area contributed by atoms with Crippen LogP contribution < -0.4 is 33.2 Å². The number of hydrogen-bond donors (Lipinski definition) is 6. The van der Waals surface area contributed by atoms with E-state index in [1.807, 2.05) is 30.3 Å². The van der Waals surface area contributed by atoms with Gasteiger partial charge in [-0.3, -0.25) is 24.0 Å². The first kappa shape index (κ1) is 45.1. The van der Waals surface area contributed by atoms with E-state index in [4.69, 9.17) is 17.2 Å². The lowest BCUT2D eigenvalue weighted by Gasteiger charge is -2.40. The first-order valence-electron chi connectivity index (χ1n) is 22.1. The fourth-order valence-electron chi connectivity index (χ4n) is 9.57. The van der Waals surface area contributed by atoms with Gasteiger partial charge in [0.15, 0.2) is 17.1 Å². The normalized spacial score (nSPS) is 21.0. The summed E-state index contributed by atoms with van der Waals surface area (Å²) < 4.78 is 0. The average Bonchev–Trinajstić information content (AvgIpc) is 3.75. The van der Waals surface area contributed by atoms with Crippen molar-refractivity contribution in [1.82, 2.24) is 20.9 Å². The Morgan fingerprint density at radius 1 is 0.724 bits per heavy atom. The molecule has 0 bridgehead atoms. The summed E-state index contributed by atoms with van der Waals surface area (Å²) in [5.41, 5.74) is 18.4. The second kappa shape index (κ2) is 22.4. The van der Waals surface area contributed by atoms with Crippen molar-refractivity contribution in [2.75, 3.05) is 20.1 Å². The highest BCUT2D eigenvalue weighted by Crippen LogP contribution is 2.35. The van der Waals surface area contributed by atoms with E-state index in [1.54, 1.807) is 37.4 Å².